The standard InChI is InChI=1S/C15H16ClN3OS2/c16-11-5-7-12(8-6-11)21-9-1-2-13(20)17-15-19-18-14(22-15)10-3-4-10/h5-8,10H,1-4,9H2,(H,17,19,20). The first-order valence-corrected chi connectivity index (χ1v) is 9.40. The highest BCUT2D eigenvalue weighted by molar-refractivity contribution is 7.99. The summed E-state index contributed by atoms with van der Waals surface area (Å²) in [6, 6.07) is 7.74. The molecule has 1 saturated carbocycles. The minimum Gasteiger partial charge on any atom is -0.301 e. The summed E-state index contributed by atoms with van der Waals surface area (Å²) in [5.74, 6) is 1.49. The third kappa shape index (κ3) is 4.69. The summed E-state index contributed by atoms with van der Waals surface area (Å²) in [5, 5.41) is 13.4. The molecule has 0 aliphatic heterocycles. The van der Waals surface area contributed by atoms with Gasteiger partial charge in [-0.05, 0) is 49.3 Å². The molecule has 1 aliphatic rings. The maximum Gasteiger partial charge on any atom is 0.226 e. The highest BCUT2D eigenvalue weighted by atomic mass is 35.5. The normalized spacial score (nSPS) is 14.0. The fourth-order valence-corrected chi connectivity index (χ4v) is 3.82. The van der Waals surface area contributed by atoms with Crippen molar-refractivity contribution in [3.8, 4) is 0 Å². The van der Waals surface area contributed by atoms with Crippen molar-refractivity contribution in [3.63, 3.8) is 0 Å². The van der Waals surface area contributed by atoms with Gasteiger partial charge in [-0.2, -0.15) is 0 Å². The van der Waals surface area contributed by atoms with Crippen molar-refractivity contribution in [2.75, 3.05) is 11.1 Å². The summed E-state index contributed by atoms with van der Waals surface area (Å²) in [5.41, 5.74) is 0. The van der Waals surface area contributed by atoms with E-state index in [0.717, 1.165) is 22.2 Å². The van der Waals surface area contributed by atoms with Gasteiger partial charge in [0.1, 0.15) is 5.01 Å². The van der Waals surface area contributed by atoms with E-state index in [0.29, 0.717) is 17.5 Å². The number of anilines is 1. The molecule has 4 nitrogen and oxygen atoms in total. The molecule has 1 aromatic carbocycles. The lowest BCUT2D eigenvalue weighted by Crippen LogP contribution is -2.11. The van der Waals surface area contributed by atoms with Gasteiger partial charge in [-0.3, -0.25) is 4.79 Å². The molecule has 0 saturated heterocycles. The maximum absolute atomic E-state index is 11.9. The highest BCUT2D eigenvalue weighted by Crippen LogP contribution is 2.42. The number of nitrogens with zero attached hydrogens (tertiary/aromatic N) is 2. The van der Waals surface area contributed by atoms with Crippen molar-refractivity contribution in [1.82, 2.24) is 10.2 Å². The third-order valence-electron chi connectivity index (χ3n) is 3.24. The van der Waals surface area contributed by atoms with Crippen molar-refractivity contribution in [1.29, 1.82) is 0 Å². The summed E-state index contributed by atoms with van der Waals surface area (Å²) < 4.78 is 0. The van der Waals surface area contributed by atoms with Crippen LogP contribution in [0.5, 0.6) is 0 Å². The topological polar surface area (TPSA) is 54.9 Å². The van der Waals surface area contributed by atoms with Gasteiger partial charge in [0.15, 0.2) is 0 Å². The molecule has 1 aliphatic carbocycles. The lowest BCUT2D eigenvalue weighted by atomic mass is 10.3. The number of aromatic nitrogens is 2. The predicted molar refractivity (Wildman–Crippen MR) is 91.9 cm³/mol. The van der Waals surface area contributed by atoms with Crippen LogP contribution in [0.2, 0.25) is 5.02 Å². The van der Waals surface area contributed by atoms with Gasteiger partial charge in [-0.1, -0.05) is 22.9 Å². The molecule has 1 fully saturated rings. The second-order valence-electron chi connectivity index (χ2n) is 5.17. The Kier molecular flexibility index (Phi) is 5.33. The van der Waals surface area contributed by atoms with Crippen LogP contribution in [0.15, 0.2) is 29.2 Å². The average Bonchev–Trinajstić information content (AvgIpc) is 3.26. The summed E-state index contributed by atoms with van der Waals surface area (Å²) in [6.45, 7) is 0. The molecule has 2 aromatic rings. The van der Waals surface area contributed by atoms with Crippen molar-refractivity contribution < 1.29 is 4.79 Å². The Hall–Kier alpha value is -1.11. The number of rotatable bonds is 7. The lowest BCUT2D eigenvalue weighted by molar-refractivity contribution is -0.116. The maximum atomic E-state index is 11.9. The first kappa shape index (κ1) is 15.8. The Bertz CT molecular complexity index is 640. The number of nitrogens with one attached hydrogen (secondary N) is 1. The van der Waals surface area contributed by atoms with E-state index < -0.39 is 0 Å². The summed E-state index contributed by atoms with van der Waals surface area (Å²) in [7, 11) is 0. The number of halogens is 1. The van der Waals surface area contributed by atoms with Gasteiger partial charge in [0.2, 0.25) is 11.0 Å². The van der Waals surface area contributed by atoms with E-state index in [1.54, 1.807) is 11.8 Å². The molecule has 0 spiro atoms. The number of thioether (sulfide) groups is 1. The van der Waals surface area contributed by atoms with Gasteiger partial charge >= 0.3 is 0 Å². The number of carbonyl (C=O) groups excluding carboxylic acids is 1. The summed E-state index contributed by atoms with van der Waals surface area (Å²) >= 11 is 9.07. The SMILES string of the molecule is O=C(CCCSc1ccc(Cl)cc1)Nc1nnc(C2CC2)s1. The van der Waals surface area contributed by atoms with Crippen molar-refractivity contribution in [2.24, 2.45) is 0 Å². The second kappa shape index (κ2) is 7.44. The van der Waals surface area contributed by atoms with Crippen LogP contribution in [0.4, 0.5) is 5.13 Å². The Morgan fingerprint density at radius 1 is 1.32 bits per heavy atom. The van der Waals surface area contributed by atoms with E-state index in [-0.39, 0.29) is 5.91 Å². The first-order chi connectivity index (χ1) is 10.7. The van der Waals surface area contributed by atoms with Gasteiger partial charge in [0.25, 0.3) is 0 Å². The fraction of sp³-hybridized carbons (Fsp3) is 0.400. The van der Waals surface area contributed by atoms with Crippen LogP contribution in [0, 0.1) is 0 Å². The molecule has 0 bridgehead atoms. The van der Waals surface area contributed by atoms with Crippen LogP contribution in [-0.2, 0) is 4.79 Å². The van der Waals surface area contributed by atoms with E-state index >= 15 is 0 Å². The number of amides is 1. The zero-order valence-corrected chi connectivity index (χ0v) is 14.3. The van der Waals surface area contributed by atoms with Crippen molar-refractivity contribution in [3.05, 3.63) is 34.3 Å². The van der Waals surface area contributed by atoms with Gasteiger partial charge in [-0.25, -0.2) is 0 Å². The monoisotopic (exact) mass is 353 g/mol. The molecule has 0 atom stereocenters. The minimum atomic E-state index is 0.00945. The van der Waals surface area contributed by atoms with Gasteiger partial charge < -0.3 is 5.32 Å². The molecule has 0 radical (unpaired) electrons. The highest BCUT2D eigenvalue weighted by Gasteiger charge is 2.27. The largest absolute Gasteiger partial charge is 0.301 e. The number of hydrogen-bond donors (Lipinski definition) is 1. The van der Waals surface area contributed by atoms with Gasteiger partial charge in [0, 0.05) is 22.3 Å². The molecule has 1 N–H and O–H groups in total. The first-order valence-electron chi connectivity index (χ1n) is 7.22. The van der Waals surface area contributed by atoms with Gasteiger partial charge in [0.05, 0.1) is 0 Å². The Labute approximate surface area is 142 Å². The van der Waals surface area contributed by atoms with Crippen LogP contribution in [-0.4, -0.2) is 21.9 Å². The van der Waals surface area contributed by atoms with E-state index in [1.807, 2.05) is 24.3 Å². The summed E-state index contributed by atoms with van der Waals surface area (Å²) in [4.78, 5) is 13.0. The zero-order chi connectivity index (χ0) is 15.4. The van der Waals surface area contributed by atoms with Crippen LogP contribution >= 0.6 is 34.7 Å². The van der Waals surface area contributed by atoms with E-state index in [1.165, 1.54) is 29.1 Å². The zero-order valence-electron chi connectivity index (χ0n) is 11.9. The summed E-state index contributed by atoms with van der Waals surface area (Å²) in [6.07, 6.45) is 3.72. The smallest absolute Gasteiger partial charge is 0.226 e. The average molecular weight is 354 g/mol. The molecule has 1 amide bonds. The molecule has 1 heterocycles. The van der Waals surface area contributed by atoms with Crippen molar-refractivity contribution in [2.45, 2.75) is 36.5 Å². The van der Waals surface area contributed by atoms with Crippen LogP contribution in [0.1, 0.15) is 36.6 Å². The van der Waals surface area contributed by atoms with Crippen molar-refractivity contribution >= 4 is 45.7 Å². The molecule has 116 valence electrons. The molecule has 3 rings (SSSR count). The van der Waals surface area contributed by atoms with E-state index in [4.69, 9.17) is 11.6 Å². The molecule has 0 unspecified atom stereocenters. The lowest BCUT2D eigenvalue weighted by Gasteiger charge is -2.02. The van der Waals surface area contributed by atoms with Gasteiger partial charge in [-0.15, -0.1) is 22.0 Å². The minimum absolute atomic E-state index is 0.00945. The molecular formula is C15H16ClN3OS2. The molecule has 22 heavy (non-hydrogen) atoms. The van der Waals surface area contributed by atoms with Crippen LogP contribution in [0.25, 0.3) is 0 Å². The van der Waals surface area contributed by atoms with E-state index in [2.05, 4.69) is 15.5 Å². The fourth-order valence-electron chi connectivity index (χ4n) is 1.92. The Balaban J connectivity index is 1.35. The third-order valence-corrected chi connectivity index (χ3v) is 5.60. The predicted octanol–water partition coefficient (Wildman–Crippen LogP) is 4.58. The molecule has 7 heteroatoms. The Morgan fingerprint density at radius 3 is 2.82 bits per heavy atom. The second-order valence-corrected chi connectivity index (χ2v) is 7.79. The van der Waals surface area contributed by atoms with Crippen LogP contribution in [0.3, 0.4) is 0 Å². The Morgan fingerprint density at radius 2 is 2.09 bits per heavy atom. The quantitative estimate of drug-likeness (QED) is 0.584. The molecular weight excluding hydrogens is 338 g/mol. The number of hydrogen-bond acceptors (Lipinski definition) is 5. The molecule has 1 aromatic heterocycles. The van der Waals surface area contributed by atoms with E-state index in [9.17, 15) is 4.79 Å². The number of carbonyl (C=O) groups is 1. The van der Waals surface area contributed by atoms with Crippen LogP contribution < -0.4 is 5.32 Å². The number of benzene rings is 1.